The molecule has 2 unspecified atom stereocenters. The van der Waals surface area contributed by atoms with E-state index in [-0.39, 0.29) is 17.7 Å². The average Bonchev–Trinajstić information content (AvgIpc) is 2.82. The Hall–Kier alpha value is -3.57. The van der Waals surface area contributed by atoms with Gasteiger partial charge in [-0.25, -0.2) is 0 Å². The van der Waals surface area contributed by atoms with Crippen molar-refractivity contribution >= 4 is 29.1 Å². The van der Waals surface area contributed by atoms with E-state index in [1.807, 2.05) is 48.5 Å². The fourth-order valence-electron chi connectivity index (χ4n) is 3.91. The van der Waals surface area contributed by atoms with Gasteiger partial charge in [0.1, 0.15) is 11.3 Å². The van der Waals surface area contributed by atoms with Crippen molar-refractivity contribution in [3.05, 3.63) is 107 Å². The van der Waals surface area contributed by atoms with Gasteiger partial charge in [-0.05, 0) is 61.0 Å². The molecule has 0 bridgehead atoms. The molecule has 3 aromatic carbocycles. The van der Waals surface area contributed by atoms with E-state index in [1.54, 1.807) is 61.5 Å². The number of ether oxygens (including phenoxy) is 1. The van der Waals surface area contributed by atoms with Crippen molar-refractivity contribution in [1.82, 2.24) is 5.32 Å². The van der Waals surface area contributed by atoms with E-state index in [2.05, 4.69) is 5.32 Å². The lowest BCUT2D eigenvalue weighted by molar-refractivity contribution is -0.124. The van der Waals surface area contributed by atoms with Crippen LogP contribution in [-0.4, -0.2) is 24.5 Å². The minimum Gasteiger partial charge on any atom is -0.497 e. The lowest BCUT2D eigenvalue weighted by atomic mass is 9.77. The Balaban J connectivity index is 1.73. The van der Waals surface area contributed by atoms with Gasteiger partial charge in [-0.15, -0.1) is 0 Å². The lowest BCUT2D eigenvalue weighted by Crippen LogP contribution is -2.61. The first-order valence-electron chi connectivity index (χ1n) is 10.2. The quantitative estimate of drug-likeness (QED) is 0.587. The van der Waals surface area contributed by atoms with Crippen LogP contribution in [0, 0.1) is 0 Å². The number of amides is 2. The van der Waals surface area contributed by atoms with E-state index in [0.717, 1.165) is 5.56 Å². The van der Waals surface area contributed by atoms with Crippen molar-refractivity contribution in [2.24, 2.45) is 0 Å². The van der Waals surface area contributed by atoms with E-state index >= 15 is 0 Å². The Bertz CT molecular complexity index is 1140. The molecule has 0 aromatic heterocycles. The maximum absolute atomic E-state index is 13.8. The van der Waals surface area contributed by atoms with E-state index in [0.29, 0.717) is 22.0 Å². The van der Waals surface area contributed by atoms with E-state index < -0.39 is 5.54 Å². The summed E-state index contributed by atoms with van der Waals surface area (Å²) in [4.78, 5) is 28.5. The van der Waals surface area contributed by atoms with Crippen LogP contribution >= 0.6 is 11.6 Å². The second-order valence-corrected chi connectivity index (χ2v) is 8.20. The second kappa shape index (κ2) is 8.89. The third-order valence-electron chi connectivity index (χ3n) is 5.70. The van der Waals surface area contributed by atoms with Crippen molar-refractivity contribution in [2.45, 2.75) is 18.4 Å². The van der Waals surface area contributed by atoms with Crippen molar-refractivity contribution < 1.29 is 14.3 Å². The van der Waals surface area contributed by atoms with Gasteiger partial charge in [-0.2, -0.15) is 0 Å². The number of rotatable bonds is 5. The summed E-state index contributed by atoms with van der Waals surface area (Å²) in [5.74, 6) is -0.227. The second-order valence-electron chi connectivity index (χ2n) is 7.77. The molecule has 1 N–H and O–H groups in total. The highest BCUT2D eigenvalue weighted by Crippen LogP contribution is 2.37. The molecule has 0 aliphatic carbocycles. The summed E-state index contributed by atoms with van der Waals surface area (Å²) in [6, 6.07) is 23.5. The highest BCUT2D eigenvalue weighted by Gasteiger charge is 2.47. The average molecular weight is 447 g/mol. The molecule has 0 saturated carbocycles. The number of carbonyl (C=O) groups is 2. The highest BCUT2D eigenvalue weighted by atomic mass is 35.5. The van der Waals surface area contributed by atoms with Crippen molar-refractivity contribution in [2.75, 3.05) is 12.0 Å². The first-order valence-corrected chi connectivity index (χ1v) is 10.6. The first kappa shape index (κ1) is 21.7. The molecule has 4 rings (SSSR count). The van der Waals surface area contributed by atoms with Gasteiger partial charge in [0, 0.05) is 28.4 Å². The minimum absolute atomic E-state index is 0.235. The normalized spacial score (nSPS) is 20.2. The topological polar surface area (TPSA) is 58.6 Å². The number of anilines is 1. The largest absolute Gasteiger partial charge is 0.497 e. The maximum atomic E-state index is 13.8. The lowest BCUT2D eigenvalue weighted by Gasteiger charge is -2.42. The number of hydrogen-bond acceptors (Lipinski definition) is 3. The number of nitrogens with one attached hydrogen (secondary N) is 1. The molecule has 0 fully saturated rings. The molecule has 6 heteroatoms. The van der Waals surface area contributed by atoms with Gasteiger partial charge in [0.2, 0.25) is 0 Å². The third-order valence-corrected chi connectivity index (χ3v) is 5.95. The van der Waals surface area contributed by atoms with Crippen LogP contribution in [0.3, 0.4) is 0 Å². The SMILES string of the molecule is COc1ccc(N2C=CC(c3ccccc3)C(C)(NC(=O)c3ccc(Cl)cc3)C2=O)cc1. The van der Waals surface area contributed by atoms with Gasteiger partial charge in [0.05, 0.1) is 7.11 Å². The molecule has 0 radical (unpaired) electrons. The Labute approximate surface area is 192 Å². The van der Waals surface area contributed by atoms with Crippen LogP contribution in [0.25, 0.3) is 0 Å². The zero-order valence-corrected chi connectivity index (χ0v) is 18.5. The number of halogens is 1. The molecule has 0 saturated heterocycles. The fourth-order valence-corrected chi connectivity index (χ4v) is 4.03. The van der Waals surface area contributed by atoms with Gasteiger partial charge in [-0.1, -0.05) is 48.0 Å². The smallest absolute Gasteiger partial charge is 0.257 e. The number of carbonyl (C=O) groups excluding carboxylic acids is 2. The molecule has 2 amide bonds. The maximum Gasteiger partial charge on any atom is 0.257 e. The predicted octanol–water partition coefficient (Wildman–Crippen LogP) is 5.18. The van der Waals surface area contributed by atoms with E-state index in [4.69, 9.17) is 16.3 Å². The number of benzene rings is 3. The summed E-state index contributed by atoms with van der Waals surface area (Å²) in [5, 5.41) is 3.54. The molecule has 162 valence electrons. The van der Waals surface area contributed by atoms with Crippen LogP contribution in [0.1, 0.15) is 28.8 Å². The molecule has 1 aliphatic rings. The number of methoxy groups -OCH3 is 1. The standard InChI is InChI=1S/C26H23ClN2O3/c1-26(28-24(30)19-8-10-20(27)11-9-19)23(18-6-4-3-5-7-18)16-17-29(25(26)31)21-12-14-22(32-2)15-13-21/h3-17,23H,1-2H3,(H,28,30). The van der Waals surface area contributed by atoms with Gasteiger partial charge in [0.15, 0.2) is 0 Å². The van der Waals surface area contributed by atoms with Crippen LogP contribution in [0.4, 0.5) is 5.69 Å². The molecule has 32 heavy (non-hydrogen) atoms. The highest BCUT2D eigenvalue weighted by molar-refractivity contribution is 6.30. The van der Waals surface area contributed by atoms with Crippen LogP contribution in [0.2, 0.25) is 5.02 Å². The monoisotopic (exact) mass is 446 g/mol. The molecule has 2 atom stereocenters. The van der Waals surface area contributed by atoms with Crippen LogP contribution in [-0.2, 0) is 4.79 Å². The summed E-state index contributed by atoms with van der Waals surface area (Å²) in [7, 11) is 1.59. The van der Waals surface area contributed by atoms with Gasteiger partial charge in [-0.3, -0.25) is 14.5 Å². The molecule has 3 aromatic rings. The van der Waals surface area contributed by atoms with Crippen LogP contribution in [0.15, 0.2) is 91.1 Å². The summed E-state index contributed by atoms with van der Waals surface area (Å²) in [5.41, 5.74) is 0.837. The third kappa shape index (κ3) is 4.12. The van der Waals surface area contributed by atoms with Gasteiger partial charge < -0.3 is 10.1 Å². The Kier molecular flexibility index (Phi) is 6.01. The fraction of sp³-hybridized carbons (Fsp3) is 0.154. The summed E-state index contributed by atoms with van der Waals surface area (Å²) < 4.78 is 5.22. The van der Waals surface area contributed by atoms with E-state index in [9.17, 15) is 9.59 Å². The molecule has 0 spiro atoms. The Morgan fingerprint density at radius 3 is 2.28 bits per heavy atom. The Morgan fingerprint density at radius 2 is 1.66 bits per heavy atom. The zero-order chi connectivity index (χ0) is 22.7. The van der Waals surface area contributed by atoms with Crippen molar-refractivity contribution in [3.8, 4) is 5.75 Å². The van der Waals surface area contributed by atoms with Crippen LogP contribution < -0.4 is 15.0 Å². The molecule has 5 nitrogen and oxygen atoms in total. The van der Waals surface area contributed by atoms with Crippen molar-refractivity contribution in [1.29, 1.82) is 0 Å². The predicted molar refractivity (Wildman–Crippen MR) is 126 cm³/mol. The zero-order valence-electron chi connectivity index (χ0n) is 17.8. The number of nitrogens with zero attached hydrogens (tertiary/aromatic N) is 1. The molecule has 1 heterocycles. The summed E-state index contributed by atoms with van der Waals surface area (Å²) in [6.45, 7) is 1.76. The first-order chi connectivity index (χ1) is 15.4. The Morgan fingerprint density at radius 1 is 1.00 bits per heavy atom. The summed E-state index contributed by atoms with van der Waals surface area (Å²) in [6.07, 6.45) is 3.71. The molecular formula is C26H23ClN2O3. The van der Waals surface area contributed by atoms with Crippen molar-refractivity contribution in [3.63, 3.8) is 0 Å². The van der Waals surface area contributed by atoms with Gasteiger partial charge >= 0.3 is 0 Å². The van der Waals surface area contributed by atoms with Gasteiger partial charge in [0.25, 0.3) is 11.8 Å². The molecular weight excluding hydrogens is 424 g/mol. The number of hydrogen-bond donors (Lipinski definition) is 1. The molecule has 1 aliphatic heterocycles. The van der Waals surface area contributed by atoms with Crippen LogP contribution in [0.5, 0.6) is 5.75 Å². The minimum atomic E-state index is -1.22. The van der Waals surface area contributed by atoms with E-state index in [1.165, 1.54) is 0 Å². The summed E-state index contributed by atoms with van der Waals surface area (Å²) >= 11 is 5.96.